The van der Waals surface area contributed by atoms with Crippen molar-refractivity contribution < 1.29 is 9.59 Å². The third-order valence-corrected chi connectivity index (χ3v) is 5.94. The minimum Gasteiger partial charge on any atom is -0.335 e. The Morgan fingerprint density at radius 1 is 1.28 bits per heavy atom. The number of nitrogens with one attached hydrogen (secondary N) is 1. The van der Waals surface area contributed by atoms with Crippen LogP contribution in [0.25, 0.3) is 0 Å². The molecule has 0 spiro atoms. The second kappa shape index (κ2) is 7.62. The summed E-state index contributed by atoms with van der Waals surface area (Å²) in [5.41, 5.74) is 2.93. The van der Waals surface area contributed by atoms with E-state index < -0.39 is 0 Å². The van der Waals surface area contributed by atoms with E-state index in [2.05, 4.69) is 27.3 Å². The van der Waals surface area contributed by atoms with E-state index in [0.29, 0.717) is 0 Å². The number of hydrogen-bond acceptors (Lipinski definition) is 3. The summed E-state index contributed by atoms with van der Waals surface area (Å²) in [7, 11) is 1.68. The molecular formula is C19H19BrN2O2S. The molecule has 0 radical (unpaired) electrons. The molecule has 3 rings (SSSR count). The number of aryl methyl sites for hydroxylation is 1. The van der Waals surface area contributed by atoms with Gasteiger partial charge < -0.3 is 10.2 Å². The van der Waals surface area contributed by atoms with Gasteiger partial charge in [0.2, 0.25) is 11.8 Å². The molecule has 1 heterocycles. The Kier molecular flexibility index (Phi) is 5.49. The van der Waals surface area contributed by atoms with Crippen LogP contribution in [0.15, 0.2) is 51.8 Å². The molecule has 2 amide bonds. The number of benzene rings is 2. The lowest BCUT2D eigenvalue weighted by atomic mass is 10.1. The average molecular weight is 419 g/mol. The predicted octanol–water partition coefficient (Wildman–Crippen LogP) is 3.87. The van der Waals surface area contributed by atoms with E-state index in [1.54, 1.807) is 18.8 Å². The van der Waals surface area contributed by atoms with Crippen LogP contribution in [0, 0.1) is 6.92 Å². The molecule has 2 aromatic carbocycles. The lowest BCUT2D eigenvalue weighted by Crippen LogP contribution is -2.39. The lowest BCUT2D eigenvalue weighted by Gasteiger charge is -2.20. The Morgan fingerprint density at radius 2 is 2.04 bits per heavy atom. The van der Waals surface area contributed by atoms with Crippen LogP contribution in [-0.4, -0.2) is 35.6 Å². The molecule has 1 unspecified atom stereocenters. The molecule has 0 saturated heterocycles. The van der Waals surface area contributed by atoms with E-state index in [1.165, 1.54) is 10.5 Å². The van der Waals surface area contributed by atoms with Gasteiger partial charge in [-0.1, -0.05) is 34.1 Å². The van der Waals surface area contributed by atoms with Gasteiger partial charge in [-0.05, 0) is 48.7 Å². The van der Waals surface area contributed by atoms with Gasteiger partial charge in [0.05, 0.1) is 11.8 Å². The maximum atomic E-state index is 12.6. The van der Waals surface area contributed by atoms with Crippen LogP contribution < -0.4 is 5.32 Å². The number of carbonyl (C=O) groups excluding carboxylic acids is 2. The first-order chi connectivity index (χ1) is 11.9. The summed E-state index contributed by atoms with van der Waals surface area (Å²) in [6.07, 6.45) is 0.720. The van der Waals surface area contributed by atoms with E-state index in [1.807, 2.05) is 43.3 Å². The third-order valence-electron chi connectivity index (χ3n) is 4.14. The molecule has 25 heavy (non-hydrogen) atoms. The van der Waals surface area contributed by atoms with Crippen molar-refractivity contribution in [1.29, 1.82) is 0 Å². The molecule has 4 nitrogen and oxygen atoms in total. The van der Waals surface area contributed by atoms with Gasteiger partial charge >= 0.3 is 0 Å². The maximum Gasteiger partial charge on any atom is 0.243 e. The van der Waals surface area contributed by atoms with E-state index in [-0.39, 0.29) is 23.6 Å². The maximum absolute atomic E-state index is 12.6. The van der Waals surface area contributed by atoms with Crippen LogP contribution in [-0.2, 0) is 16.0 Å². The Morgan fingerprint density at radius 3 is 2.76 bits per heavy atom. The molecule has 1 atom stereocenters. The summed E-state index contributed by atoms with van der Waals surface area (Å²) in [6.45, 7) is 1.98. The molecule has 0 aliphatic carbocycles. The minimum atomic E-state index is -0.193. The molecule has 1 aliphatic heterocycles. The van der Waals surface area contributed by atoms with Crippen molar-refractivity contribution in [3.63, 3.8) is 0 Å². The van der Waals surface area contributed by atoms with E-state index in [0.717, 1.165) is 27.0 Å². The van der Waals surface area contributed by atoms with Crippen molar-refractivity contribution in [1.82, 2.24) is 4.90 Å². The van der Waals surface area contributed by atoms with E-state index in [9.17, 15) is 9.59 Å². The van der Waals surface area contributed by atoms with Crippen LogP contribution in [0.4, 0.5) is 5.69 Å². The molecule has 0 bridgehead atoms. The standard InChI is InChI=1S/C19H19BrN2O2S/c1-12-9-14(20)7-8-15(12)21-18(23)11-22(2)19(24)17-10-13-5-3-4-6-16(13)25-17/h3-9,17H,10-11H2,1-2H3,(H,21,23). The predicted molar refractivity (Wildman–Crippen MR) is 105 cm³/mol. The molecule has 6 heteroatoms. The fraction of sp³-hybridized carbons (Fsp3) is 0.263. The topological polar surface area (TPSA) is 49.4 Å². The van der Waals surface area contributed by atoms with E-state index >= 15 is 0 Å². The highest BCUT2D eigenvalue weighted by Gasteiger charge is 2.30. The zero-order valence-corrected chi connectivity index (χ0v) is 16.5. The highest BCUT2D eigenvalue weighted by Crippen LogP contribution is 2.37. The Bertz CT molecular complexity index is 800. The molecule has 0 fully saturated rings. The normalized spacial score (nSPS) is 15.6. The zero-order chi connectivity index (χ0) is 18.0. The number of amides is 2. The van der Waals surface area contributed by atoms with Crippen LogP contribution >= 0.6 is 27.7 Å². The van der Waals surface area contributed by atoms with E-state index in [4.69, 9.17) is 0 Å². The SMILES string of the molecule is Cc1cc(Br)ccc1NC(=O)CN(C)C(=O)C1Cc2ccccc2S1. The summed E-state index contributed by atoms with van der Waals surface area (Å²) >= 11 is 4.98. The Labute approximate surface area is 160 Å². The molecule has 1 N–H and O–H groups in total. The summed E-state index contributed by atoms with van der Waals surface area (Å²) in [6, 6.07) is 13.7. The largest absolute Gasteiger partial charge is 0.335 e. The van der Waals surface area contributed by atoms with Gasteiger partial charge in [-0.15, -0.1) is 11.8 Å². The van der Waals surface area contributed by atoms with Crippen molar-refractivity contribution in [3.8, 4) is 0 Å². The second-order valence-corrected chi connectivity index (χ2v) is 8.28. The molecule has 130 valence electrons. The molecule has 1 aliphatic rings. The zero-order valence-electron chi connectivity index (χ0n) is 14.1. The van der Waals surface area contributed by atoms with Crippen LogP contribution in [0.5, 0.6) is 0 Å². The van der Waals surface area contributed by atoms with Gasteiger partial charge in [0.1, 0.15) is 0 Å². The van der Waals surface area contributed by atoms with Crippen molar-refractivity contribution in [2.24, 2.45) is 0 Å². The van der Waals surface area contributed by atoms with Crippen molar-refractivity contribution in [2.45, 2.75) is 23.5 Å². The van der Waals surface area contributed by atoms with Gasteiger partial charge in [-0.25, -0.2) is 0 Å². The van der Waals surface area contributed by atoms with Crippen LogP contribution in [0.3, 0.4) is 0 Å². The second-order valence-electron chi connectivity index (χ2n) is 6.12. The van der Waals surface area contributed by atoms with Crippen LogP contribution in [0.2, 0.25) is 0 Å². The number of fused-ring (bicyclic) bond motifs is 1. The summed E-state index contributed by atoms with van der Waals surface area (Å²) in [4.78, 5) is 27.6. The quantitative estimate of drug-likeness (QED) is 0.819. The van der Waals surface area contributed by atoms with Crippen molar-refractivity contribution in [3.05, 3.63) is 58.1 Å². The fourth-order valence-corrected chi connectivity index (χ4v) is 4.60. The minimum absolute atomic E-state index is 0.0103. The summed E-state index contributed by atoms with van der Waals surface area (Å²) in [5.74, 6) is -0.203. The van der Waals surface area contributed by atoms with Crippen LogP contribution in [0.1, 0.15) is 11.1 Å². The first-order valence-corrected chi connectivity index (χ1v) is 9.67. The number of likely N-dealkylation sites (N-methyl/N-ethyl adjacent to an activating group) is 1. The number of hydrogen-bond donors (Lipinski definition) is 1. The summed E-state index contributed by atoms with van der Waals surface area (Å²) < 4.78 is 0.966. The highest BCUT2D eigenvalue weighted by atomic mass is 79.9. The molecule has 0 saturated carbocycles. The summed E-state index contributed by atoms with van der Waals surface area (Å²) in [5, 5.41) is 2.72. The van der Waals surface area contributed by atoms with Crippen molar-refractivity contribution >= 4 is 45.2 Å². The number of nitrogens with zero attached hydrogens (tertiary/aromatic N) is 1. The van der Waals surface area contributed by atoms with Gasteiger partial charge in [0, 0.05) is 22.1 Å². The monoisotopic (exact) mass is 418 g/mol. The van der Waals surface area contributed by atoms with Gasteiger partial charge in [0.25, 0.3) is 0 Å². The molecule has 0 aromatic heterocycles. The van der Waals surface area contributed by atoms with Gasteiger partial charge in [-0.3, -0.25) is 9.59 Å². The molecular weight excluding hydrogens is 400 g/mol. The average Bonchev–Trinajstić information content (AvgIpc) is 3.00. The van der Waals surface area contributed by atoms with Gasteiger partial charge in [-0.2, -0.15) is 0 Å². The third kappa shape index (κ3) is 4.25. The highest BCUT2D eigenvalue weighted by molar-refractivity contribution is 9.10. The number of halogens is 1. The lowest BCUT2D eigenvalue weighted by molar-refractivity contribution is -0.132. The Hall–Kier alpha value is -1.79. The number of thioether (sulfide) groups is 1. The smallest absolute Gasteiger partial charge is 0.243 e. The van der Waals surface area contributed by atoms with Crippen molar-refractivity contribution in [2.75, 3.05) is 18.9 Å². The Balaban J connectivity index is 1.57. The van der Waals surface area contributed by atoms with Gasteiger partial charge in [0.15, 0.2) is 0 Å². The first kappa shape index (κ1) is 18.0. The molecule has 2 aromatic rings. The number of carbonyl (C=O) groups is 2. The fourth-order valence-electron chi connectivity index (χ4n) is 2.82. The number of rotatable bonds is 4. The number of anilines is 1. The first-order valence-electron chi connectivity index (χ1n) is 7.99.